The van der Waals surface area contributed by atoms with Crippen molar-refractivity contribution < 1.29 is 4.79 Å². The molecule has 0 saturated carbocycles. The lowest BCUT2D eigenvalue weighted by Crippen LogP contribution is -2.60. The third kappa shape index (κ3) is 3.06. The number of amides is 1. The van der Waals surface area contributed by atoms with Crippen LogP contribution < -0.4 is 0 Å². The van der Waals surface area contributed by atoms with Crippen molar-refractivity contribution in [3.63, 3.8) is 0 Å². The van der Waals surface area contributed by atoms with Crippen LogP contribution >= 0.6 is 0 Å². The summed E-state index contributed by atoms with van der Waals surface area (Å²) >= 11 is 0. The molecule has 4 atom stereocenters. The van der Waals surface area contributed by atoms with Crippen molar-refractivity contribution in [2.45, 2.75) is 44.7 Å². The Morgan fingerprint density at radius 2 is 1.93 bits per heavy atom. The van der Waals surface area contributed by atoms with Gasteiger partial charge in [0.05, 0.1) is 0 Å². The molecule has 28 heavy (non-hydrogen) atoms. The molecular formula is C23H30N4O. The second-order valence-electron chi connectivity index (χ2n) is 8.99. The molecule has 5 heteroatoms. The molecule has 3 aliphatic heterocycles. The molecule has 0 spiro atoms. The summed E-state index contributed by atoms with van der Waals surface area (Å²) < 4.78 is 1.80. The molecule has 5 nitrogen and oxygen atoms in total. The predicted molar refractivity (Wildman–Crippen MR) is 109 cm³/mol. The van der Waals surface area contributed by atoms with E-state index >= 15 is 0 Å². The van der Waals surface area contributed by atoms with Gasteiger partial charge >= 0.3 is 0 Å². The Morgan fingerprint density at radius 3 is 2.68 bits per heavy atom. The van der Waals surface area contributed by atoms with Gasteiger partial charge in [0.25, 0.3) is 5.91 Å². The molecule has 5 rings (SSSR count). The van der Waals surface area contributed by atoms with Crippen LogP contribution in [0.4, 0.5) is 0 Å². The molecule has 1 aromatic carbocycles. The van der Waals surface area contributed by atoms with Crippen molar-refractivity contribution in [2.75, 3.05) is 19.6 Å². The van der Waals surface area contributed by atoms with Crippen LogP contribution in [0.15, 0.2) is 36.4 Å². The van der Waals surface area contributed by atoms with Crippen LogP contribution in [0.2, 0.25) is 0 Å². The van der Waals surface area contributed by atoms with Crippen molar-refractivity contribution in [1.29, 1.82) is 0 Å². The van der Waals surface area contributed by atoms with Crippen LogP contribution in [-0.2, 0) is 7.05 Å². The van der Waals surface area contributed by atoms with Gasteiger partial charge in [0.15, 0.2) is 5.69 Å². The van der Waals surface area contributed by atoms with Gasteiger partial charge in [-0.3, -0.25) is 14.4 Å². The number of aromatic nitrogens is 2. The Hall–Kier alpha value is -2.14. The summed E-state index contributed by atoms with van der Waals surface area (Å²) in [4.78, 5) is 17.9. The van der Waals surface area contributed by atoms with Gasteiger partial charge in [-0.05, 0) is 56.1 Å². The molecule has 2 bridgehead atoms. The highest BCUT2D eigenvalue weighted by atomic mass is 16.2. The first-order valence-corrected chi connectivity index (χ1v) is 10.7. The summed E-state index contributed by atoms with van der Waals surface area (Å²) in [7, 11) is 1.90. The first-order chi connectivity index (χ1) is 13.6. The van der Waals surface area contributed by atoms with Crippen LogP contribution in [0.1, 0.15) is 53.5 Å². The maximum absolute atomic E-state index is 13.1. The molecule has 0 aliphatic carbocycles. The average Bonchev–Trinajstić information content (AvgIpc) is 3.06. The Labute approximate surface area is 167 Å². The minimum Gasteiger partial charge on any atom is -0.337 e. The molecular weight excluding hydrogens is 348 g/mol. The molecule has 2 aromatic rings. The summed E-state index contributed by atoms with van der Waals surface area (Å²) in [6.45, 7) is 4.87. The highest BCUT2D eigenvalue weighted by Gasteiger charge is 2.45. The Morgan fingerprint density at radius 1 is 1.11 bits per heavy atom. The van der Waals surface area contributed by atoms with Gasteiger partial charge in [0.2, 0.25) is 0 Å². The van der Waals surface area contributed by atoms with E-state index in [-0.39, 0.29) is 5.91 Å². The number of carbonyl (C=O) groups is 1. The van der Waals surface area contributed by atoms with E-state index < -0.39 is 0 Å². The lowest BCUT2D eigenvalue weighted by molar-refractivity contribution is -0.0512. The van der Waals surface area contributed by atoms with E-state index in [2.05, 4.69) is 45.2 Å². The van der Waals surface area contributed by atoms with E-state index in [1.807, 2.05) is 20.0 Å². The molecule has 148 valence electrons. The summed E-state index contributed by atoms with van der Waals surface area (Å²) in [5.41, 5.74) is 3.09. The normalized spacial score (nSPS) is 30.1. The number of hydrogen-bond donors (Lipinski definition) is 0. The van der Waals surface area contributed by atoms with Gasteiger partial charge in [-0.1, -0.05) is 30.3 Å². The van der Waals surface area contributed by atoms with Gasteiger partial charge in [0.1, 0.15) is 0 Å². The van der Waals surface area contributed by atoms with Crippen molar-refractivity contribution >= 4 is 5.91 Å². The van der Waals surface area contributed by atoms with Crippen LogP contribution in [-0.4, -0.2) is 51.2 Å². The molecule has 1 amide bonds. The summed E-state index contributed by atoms with van der Waals surface area (Å²) in [6.07, 6.45) is 5.09. The summed E-state index contributed by atoms with van der Waals surface area (Å²) in [6, 6.07) is 14.1. The predicted octanol–water partition coefficient (Wildman–Crippen LogP) is 3.42. The standard InChI is InChI=1S/C23H30N4O/c1-16-11-20(24-25(16)2)23(28)26-13-17-12-19(15-26)22-10-6-9-21(27(22)14-17)18-7-4-3-5-8-18/h3-5,7-8,11,17,19,21-22H,6,9-10,12-15H2,1-2H3/t17-,19+,21+,22-/m0/s1. The summed E-state index contributed by atoms with van der Waals surface area (Å²) in [5, 5.41) is 4.43. The second-order valence-corrected chi connectivity index (χ2v) is 8.99. The second kappa shape index (κ2) is 7.03. The maximum atomic E-state index is 13.1. The lowest BCUT2D eigenvalue weighted by Gasteiger charge is -2.55. The van der Waals surface area contributed by atoms with Gasteiger partial charge in [0, 0.05) is 44.5 Å². The largest absolute Gasteiger partial charge is 0.337 e. The maximum Gasteiger partial charge on any atom is 0.274 e. The average molecular weight is 379 g/mol. The highest BCUT2D eigenvalue weighted by Crippen LogP contribution is 2.44. The van der Waals surface area contributed by atoms with E-state index in [0.29, 0.717) is 29.6 Å². The number of piperidine rings is 3. The topological polar surface area (TPSA) is 41.4 Å². The van der Waals surface area contributed by atoms with E-state index in [4.69, 9.17) is 0 Å². The molecule has 0 unspecified atom stereocenters. The van der Waals surface area contributed by atoms with Crippen LogP contribution in [0.5, 0.6) is 0 Å². The van der Waals surface area contributed by atoms with Gasteiger partial charge < -0.3 is 4.90 Å². The van der Waals surface area contributed by atoms with E-state index in [1.54, 1.807) is 4.68 Å². The van der Waals surface area contributed by atoms with Gasteiger partial charge in [-0.15, -0.1) is 0 Å². The number of rotatable bonds is 2. The monoisotopic (exact) mass is 378 g/mol. The SMILES string of the molecule is Cc1cc(C(=O)N2C[C@@H]3C[C@H](C2)[C@@H]2CCC[C@H](c4ccccc4)N2C3)nn1C. The molecule has 4 heterocycles. The van der Waals surface area contributed by atoms with Crippen molar-refractivity contribution in [3.8, 4) is 0 Å². The summed E-state index contributed by atoms with van der Waals surface area (Å²) in [5.74, 6) is 1.28. The molecule has 1 aromatic heterocycles. The minimum absolute atomic E-state index is 0.113. The van der Waals surface area contributed by atoms with E-state index in [1.165, 1.54) is 31.2 Å². The minimum atomic E-state index is 0.113. The number of hydrogen-bond acceptors (Lipinski definition) is 3. The van der Waals surface area contributed by atoms with Gasteiger partial charge in [-0.2, -0.15) is 5.10 Å². The lowest BCUT2D eigenvalue weighted by atomic mass is 9.74. The molecule has 3 aliphatic rings. The first-order valence-electron chi connectivity index (χ1n) is 10.7. The zero-order valence-electron chi connectivity index (χ0n) is 16.9. The molecule has 3 fully saturated rings. The van der Waals surface area contributed by atoms with Crippen LogP contribution in [0, 0.1) is 18.8 Å². The molecule has 3 saturated heterocycles. The third-order valence-electron chi connectivity index (χ3n) is 7.19. The van der Waals surface area contributed by atoms with E-state index in [0.717, 1.165) is 25.3 Å². The molecule has 0 N–H and O–H groups in total. The third-order valence-corrected chi connectivity index (χ3v) is 7.19. The van der Waals surface area contributed by atoms with Crippen molar-refractivity contribution in [3.05, 3.63) is 53.3 Å². The number of aryl methyl sites for hydroxylation is 2. The Bertz CT molecular complexity index is 841. The highest BCUT2D eigenvalue weighted by molar-refractivity contribution is 5.92. The fourth-order valence-electron chi connectivity index (χ4n) is 5.83. The van der Waals surface area contributed by atoms with Crippen LogP contribution in [0.3, 0.4) is 0 Å². The smallest absolute Gasteiger partial charge is 0.274 e. The number of fused-ring (bicyclic) bond motifs is 4. The van der Waals surface area contributed by atoms with Crippen molar-refractivity contribution in [2.24, 2.45) is 18.9 Å². The first kappa shape index (κ1) is 17.9. The van der Waals surface area contributed by atoms with Crippen LogP contribution in [0.25, 0.3) is 0 Å². The fourth-order valence-corrected chi connectivity index (χ4v) is 5.83. The fraction of sp³-hybridized carbons (Fsp3) is 0.565. The van der Waals surface area contributed by atoms with Crippen molar-refractivity contribution in [1.82, 2.24) is 19.6 Å². The number of carbonyl (C=O) groups excluding carboxylic acids is 1. The quantitative estimate of drug-likeness (QED) is 0.804. The Kier molecular flexibility index (Phi) is 4.50. The zero-order chi connectivity index (χ0) is 19.3. The number of nitrogens with zero attached hydrogens (tertiary/aromatic N) is 4. The zero-order valence-corrected chi connectivity index (χ0v) is 16.9. The Balaban J connectivity index is 1.36. The number of likely N-dealkylation sites (tertiary alicyclic amines) is 1. The van der Waals surface area contributed by atoms with E-state index in [9.17, 15) is 4.79 Å². The molecule has 0 radical (unpaired) electrons. The number of benzene rings is 1. The van der Waals surface area contributed by atoms with Gasteiger partial charge in [-0.25, -0.2) is 0 Å².